The molecule has 0 aromatic heterocycles. The number of ether oxygens (including phenoxy) is 1. The molecule has 0 aliphatic carbocycles. The first kappa shape index (κ1) is 22.0. The number of nitrogens with zero attached hydrogens (tertiary/aromatic N) is 1. The van der Waals surface area contributed by atoms with E-state index in [0.29, 0.717) is 18.0 Å². The highest BCUT2D eigenvalue weighted by molar-refractivity contribution is 5.94. The second kappa shape index (κ2) is 11.5. The van der Waals surface area contributed by atoms with Gasteiger partial charge in [-0.2, -0.15) is 0 Å². The summed E-state index contributed by atoms with van der Waals surface area (Å²) in [7, 11) is 2.17. The number of likely N-dealkylation sites (tertiary alicyclic amines) is 1. The summed E-state index contributed by atoms with van der Waals surface area (Å²) < 4.78 is 6.10. The average molecular weight is 383 g/mol. The van der Waals surface area contributed by atoms with Crippen LogP contribution >= 0.6 is 0 Å². The number of carbonyl (C=O) groups is 1. The number of piperidine rings is 1. The maximum atomic E-state index is 12.3. The minimum absolute atomic E-state index is 0.0614. The highest BCUT2D eigenvalue weighted by atomic mass is 16.5. The van der Waals surface area contributed by atoms with Crippen molar-refractivity contribution in [3.63, 3.8) is 0 Å². The predicted molar refractivity (Wildman–Crippen MR) is 116 cm³/mol. The third-order valence-electron chi connectivity index (χ3n) is 4.92. The molecule has 2 aromatic carbocycles. The number of benzene rings is 2. The van der Waals surface area contributed by atoms with Gasteiger partial charge in [-0.25, -0.2) is 0 Å². The quantitative estimate of drug-likeness (QED) is 0.789. The van der Waals surface area contributed by atoms with Gasteiger partial charge in [-0.1, -0.05) is 49.7 Å². The smallest absolute Gasteiger partial charge is 0.251 e. The van der Waals surface area contributed by atoms with Crippen molar-refractivity contribution in [1.29, 1.82) is 0 Å². The summed E-state index contributed by atoms with van der Waals surface area (Å²) in [6.07, 6.45) is 2.45. The Bertz CT molecular complexity index is 728. The molecular weight excluding hydrogens is 348 g/mol. The lowest BCUT2D eigenvalue weighted by molar-refractivity contribution is 0.0950. The minimum atomic E-state index is -0.0614. The van der Waals surface area contributed by atoms with Crippen molar-refractivity contribution < 1.29 is 9.53 Å². The Kier molecular flexibility index (Phi) is 9.02. The molecule has 4 nitrogen and oxygen atoms in total. The second-order valence-electron chi connectivity index (χ2n) is 7.24. The van der Waals surface area contributed by atoms with E-state index in [-0.39, 0.29) is 5.91 Å². The van der Waals surface area contributed by atoms with Crippen LogP contribution in [0.1, 0.15) is 48.2 Å². The zero-order chi connectivity index (χ0) is 20.4. The van der Waals surface area contributed by atoms with Gasteiger partial charge in [0.25, 0.3) is 5.91 Å². The summed E-state index contributed by atoms with van der Waals surface area (Å²) in [5.74, 6) is 1.38. The molecule has 1 aliphatic rings. The summed E-state index contributed by atoms with van der Waals surface area (Å²) in [5, 5.41) is 2.99. The first-order valence-electron chi connectivity index (χ1n) is 10.4. The van der Waals surface area contributed by atoms with Crippen molar-refractivity contribution in [2.24, 2.45) is 5.92 Å². The summed E-state index contributed by atoms with van der Waals surface area (Å²) in [6, 6.07) is 15.6. The fourth-order valence-corrected chi connectivity index (χ4v) is 3.39. The lowest BCUT2D eigenvalue weighted by Gasteiger charge is -2.29. The first-order valence-corrected chi connectivity index (χ1v) is 10.4. The van der Waals surface area contributed by atoms with E-state index in [1.807, 2.05) is 69.3 Å². The van der Waals surface area contributed by atoms with E-state index in [1.165, 1.54) is 19.4 Å². The minimum Gasteiger partial charge on any atom is -0.493 e. The van der Waals surface area contributed by atoms with Crippen molar-refractivity contribution in [3.8, 4) is 5.75 Å². The van der Waals surface area contributed by atoms with E-state index in [2.05, 4.69) is 17.3 Å². The van der Waals surface area contributed by atoms with E-state index < -0.39 is 0 Å². The van der Waals surface area contributed by atoms with Gasteiger partial charge < -0.3 is 15.0 Å². The molecule has 2 aromatic rings. The topological polar surface area (TPSA) is 41.6 Å². The molecular formula is C24H34N2O2. The van der Waals surface area contributed by atoms with Gasteiger partial charge >= 0.3 is 0 Å². The molecule has 0 spiro atoms. The molecule has 0 saturated carbocycles. The van der Waals surface area contributed by atoms with Crippen molar-refractivity contribution in [1.82, 2.24) is 10.2 Å². The number of hydrogen-bond donors (Lipinski definition) is 1. The van der Waals surface area contributed by atoms with Crippen LogP contribution < -0.4 is 10.1 Å². The fourth-order valence-electron chi connectivity index (χ4n) is 3.39. The maximum absolute atomic E-state index is 12.3. The number of carbonyl (C=O) groups excluding carboxylic acids is 1. The lowest BCUT2D eigenvalue weighted by atomic mass is 9.99. The Morgan fingerprint density at radius 3 is 2.57 bits per heavy atom. The molecule has 4 heteroatoms. The molecule has 1 heterocycles. The van der Waals surface area contributed by atoms with Crippen molar-refractivity contribution in [2.45, 2.75) is 40.2 Å². The largest absolute Gasteiger partial charge is 0.493 e. The number of para-hydroxylation sites is 1. The normalized spacial score (nSPS) is 16.6. The third kappa shape index (κ3) is 6.68. The molecule has 1 aliphatic heterocycles. The summed E-state index contributed by atoms with van der Waals surface area (Å²) >= 11 is 0. The van der Waals surface area contributed by atoms with Crippen molar-refractivity contribution in [3.05, 3.63) is 65.2 Å². The van der Waals surface area contributed by atoms with Gasteiger partial charge in [-0.05, 0) is 51.6 Å². The lowest BCUT2D eigenvalue weighted by Crippen LogP contribution is -2.34. The number of aryl methyl sites for hydroxylation is 1. The SMILES string of the molecule is CC.Cc1ccc(C(=O)NCc2ccccc2OCC2CCCN(C)C2)cc1. The van der Waals surface area contributed by atoms with Gasteiger partial charge in [0, 0.05) is 30.1 Å². The standard InChI is InChI=1S/C22H28N2O2.C2H6/c1-17-9-11-19(12-10-17)22(25)23-14-20-7-3-4-8-21(20)26-16-18-6-5-13-24(2)15-18;1-2/h3-4,7-12,18H,5-6,13-16H2,1-2H3,(H,23,25);1-2H3. The maximum Gasteiger partial charge on any atom is 0.251 e. The fraction of sp³-hybridized carbons (Fsp3) is 0.458. The molecule has 0 bridgehead atoms. The van der Waals surface area contributed by atoms with Crippen molar-refractivity contribution in [2.75, 3.05) is 26.7 Å². The Labute approximate surface area is 169 Å². The highest BCUT2D eigenvalue weighted by Crippen LogP contribution is 2.21. The van der Waals surface area contributed by atoms with Gasteiger partial charge in [-0.3, -0.25) is 4.79 Å². The van der Waals surface area contributed by atoms with E-state index >= 15 is 0 Å². The van der Waals surface area contributed by atoms with Crippen LogP contribution in [0.3, 0.4) is 0 Å². The van der Waals surface area contributed by atoms with Crippen LogP contribution in [-0.4, -0.2) is 37.6 Å². The van der Waals surface area contributed by atoms with Crippen LogP contribution in [0.15, 0.2) is 48.5 Å². The average Bonchev–Trinajstić information content (AvgIpc) is 2.73. The monoisotopic (exact) mass is 382 g/mol. The molecule has 1 unspecified atom stereocenters. The zero-order valence-corrected chi connectivity index (χ0v) is 17.7. The van der Waals surface area contributed by atoms with E-state index in [1.54, 1.807) is 0 Å². The summed E-state index contributed by atoms with van der Waals surface area (Å²) in [6.45, 7) is 9.48. The summed E-state index contributed by atoms with van der Waals surface area (Å²) in [4.78, 5) is 14.7. The first-order chi connectivity index (χ1) is 13.6. The van der Waals surface area contributed by atoms with Crippen LogP contribution in [0.25, 0.3) is 0 Å². The molecule has 1 atom stereocenters. The van der Waals surface area contributed by atoms with Gasteiger partial charge in [0.2, 0.25) is 0 Å². The van der Waals surface area contributed by atoms with Crippen molar-refractivity contribution >= 4 is 5.91 Å². The zero-order valence-electron chi connectivity index (χ0n) is 17.7. The van der Waals surface area contributed by atoms with E-state index in [9.17, 15) is 4.79 Å². The van der Waals surface area contributed by atoms with Gasteiger partial charge in [0.05, 0.1) is 6.61 Å². The molecule has 1 N–H and O–H groups in total. The van der Waals surface area contributed by atoms with Crippen LogP contribution in [0.5, 0.6) is 5.75 Å². The van der Waals surface area contributed by atoms with Crippen LogP contribution in [0, 0.1) is 12.8 Å². The molecule has 1 fully saturated rings. The van der Waals surface area contributed by atoms with E-state index in [4.69, 9.17) is 4.74 Å². The second-order valence-corrected chi connectivity index (χ2v) is 7.24. The van der Waals surface area contributed by atoms with Gasteiger partial charge in [0.1, 0.15) is 5.75 Å². The summed E-state index contributed by atoms with van der Waals surface area (Å²) in [5.41, 5.74) is 2.84. The number of hydrogen-bond acceptors (Lipinski definition) is 3. The Hall–Kier alpha value is -2.33. The molecule has 152 valence electrons. The van der Waals surface area contributed by atoms with Crippen LogP contribution in [0.4, 0.5) is 0 Å². The predicted octanol–water partition coefficient (Wildman–Crippen LogP) is 4.67. The third-order valence-corrected chi connectivity index (χ3v) is 4.92. The number of nitrogens with one attached hydrogen (secondary N) is 1. The number of rotatable bonds is 6. The molecule has 3 rings (SSSR count). The molecule has 1 saturated heterocycles. The Morgan fingerprint density at radius 1 is 1.14 bits per heavy atom. The number of amides is 1. The Morgan fingerprint density at radius 2 is 1.86 bits per heavy atom. The molecule has 1 amide bonds. The van der Waals surface area contributed by atoms with Crippen LogP contribution in [-0.2, 0) is 6.54 Å². The highest BCUT2D eigenvalue weighted by Gasteiger charge is 2.18. The van der Waals surface area contributed by atoms with Crippen LogP contribution in [0.2, 0.25) is 0 Å². The van der Waals surface area contributed by atoms with Gasteiger partial charge in [0.15, 0.2) is 0 Å². The molecule has 0 radical (unpaired) electrons. The molecule has 28 heavy (non-hydrogen) atoms. The Balaban J connectivity index is 0.00000136. The van der Waals surface area contributed by atoms with Gasteiger partial charge in [-0.15, -0.1) is 0 Å². The van der Waals surface area contributed by atoms with E-state index in [0.717, 1.165) is 30.0 Å².